The van der Waals surface area contributed by atoms with Crippen LogP contribution in [0.2, 0.25) is 0 Å². The minimum absolute atomic E-state index is 0.0755. The minimum atomic E-state index is -0.0755. The molecule has 3 heterocycles. The van der Waals surface area contributed by atoms with Crippen LogP contribution in [0.4, 0.5) is 5.69 Å². The van der Waals surface area contributed by atoms with Crippen molar-refractivity contribution in [1.29, 1.82) is 0 Å². The zero-order chi connectivity index (χ0) is 17.8. The molecular weight excluding hydrogens is 322 g/mol. The standard InChI is InChI=1S/C22H21N3O/c1-3-13-24-19-11-7-4-8-15(19)16-12-14-25-21(20(16)24)23(2)18-10-6-5-9-17(18)22(25)26/h3-11,21H,1,12-14H2,2H3/t21-/m0/s1. The van der Waals surface area contributed by atoms with Crippen LogP contribution in [0.3, 0.4) is 0 Å². The summed E-state index contributed by atoms with van der Waals surface area (Å²) in [7, 11) is 2.09. The highest BCUT2D eigenvalue weighted by Gasteiger charge is 2.42. The van der Waals surface area contributed by atoms with Gasteiger partial charge in [-0.05, 0) is 30.2 Å². The second-order valence-corrected chi connectivity index (χ2v) is 7.03. The molecule has 0 saturated carbocycles. The van der Waals surface area contributed by atoms with Gasteiger partial charge < -0.3 is 14.4 Å². The number of fused-ring (bicyclic) bond motifs is 6. The van der Waals surface area contributed by atoms with Gasteiger partial charge in [0.2, 0.25) is 0 Å². The average Bonchev–Trinajstić information content (AvgIpc) is 3.00. The van der Waals surface area contributed by atoms with Crippen LogP contribution in [0.1, 0.15) is 27.8 Å². The lowest BCUT2D eigenvalue weighted by molar-refractivity contribution is 0.0630. The molecule has 5 rings (SSSR count). The van der Waals surface area contributed by atoms with E-state index in [2.05, 4.69) is 47.4 Å². The molecule has 2 aromatic carbocycles. The van der Waals surface area contributed by atoms with Crippen LogP contribution in [0.15, 0.2) is 61.2 Å². The van der Waals surface area contributed by atoms with Gasteiger partial charge in [0, 0.05) is 31.0 Å². The highest BCUT2D eigenvalue weighted by Crippen LogP contribution is 2.44. The largest absolute Gasteiger partial charge is 0.349 e. The first-order valence-electron chi connectivity index (χ1n) is 9.06. The number of hydrogen-bond donors (Lipinski definition) is 0. The number of anilines is 1. The molecule has 1 amide bonds. The van der Waals surface area contributed by atoms with Crippen molar-refractivity contribution >= 4 is 22.5 Å². The molecule has 26 heavy (non-hydrogen) atoms. The molecule has 4 heteroatoms. The molecule has 130 valence electrons. The number of aromatic nitrogens is 1. The fourth-order valence-electron chi connectivity index (χ4n) is 4.63. The number of amides is 1. The van der Waals surface area contributed by atoms with Gasteiger partial charge in [0.15, 0.2) is 0 Å². The molecule has 0 fully saturated rings. The predicted octanol–water partition coefficient (Wildman–Crippen LogP) is 3.97. The maximum absolute atomic E-state index is 13.2. The van der Waals surface area contributed by atoms with Crippen molar-refractivity contribution in [3.8, 4) is 0 Å². The lowest BCUT2D eigenvalue weighted by atomic mass is 9.96. The van der Waals surface area contributed by atoms with E-state index in [-0.39, 0.29) is 12.1 Å². The Morgan fingerprint density at radius 1 is 1.15 bits per heavy atom. The molecule has 0 bridgehead atoms. The van der Waals surface area contributed by atoms with Crippen molar-refractivity contribution in [3.05, 3.63) is 78.0 Å². The predicted molar refractivity (Wildman–Crippen MR) is 104 cm³/mol. The smallest absolute Gasteiger partial charge is 0.257 e. The van der Waals surface area contributed by atoms with E-state index in [4.69, 9.17) is 0 Å². The SMILES string of the molecule is C=CCn1c2c(c3ccccc31)CCN1C(=O)c3ccccc3N(C)[C@H]21. The van der Waals surface area contributed by atoms with Crippen LogP contribution >= 0.6 is 0 Å². The summed E-state index contributed by atoms with van der Waals surface area (Å²) in [6.07, 6.45) is 2.75. The van der Waals surface area contributed by atoms with Gasteiger partial charge in [-0.3, -0.25) is 4.79 Å². The summed E-state index contributed by atoms with van der Waals surface area (Å²) in [5.74, 6) is 0.129. The lowest BCUT2D eigenvalue weighted by Gasteiger charge is -2.46. The Bertz CT molecular complexity index is 1050. The maximum Gasteiger partial charge on any atom is 0.257 e. The number of rotatable bonds is 2. The van der Waals surface area contributed by atoms with Crippen molar-refractivity contribution in [1.82, 2.24) is 9.47 Å². The van der Waals surface area contributed by atoms with Gasteiger partial charge >= 0.3 is 0 Å². The number of carbonyl (C=O) groups excluding carboxylic acids is 1. The second-order valence-electron chi connectivity index (χ2n) is 7.03. The molecule has 0 aliphatic carbocycles. The number of carbonyl (C=O) groups is 1. The number of allylic oxidation sites excluding steroid dienone is 1. The molecule has 3 aromatic rings. The molecule has 2 aliphatic rings. The average molecular weight is 343 g/mol. The van der Waals surface area contributed by atoms with Gasteiger partial charge in [-0.25, -0.2) is 0 Å². The maximum atomic E-state index is 13.2. The van der Waals surface area contributed by atoms with Crippen molar-refractivity contribution < 1.29 is 4.79 Å². The number of benzene rings is 2. The van der Waals surface area contributed by atoms with Crippen LogP contribution in [0, 0.1) is 0 Å². The number of para-hydroxylation sites is 2. The number of hydrogen-bond acceptors (Lipinski definition) is 2. The summed E-state index contributed by atoms with van der Waals surface area (Å²) in [4.78, 5) is 17.4. The Hall–Kier alpha value is -3.01. The van der Waals surface area contributed by atoms with E-state index < -0.39 is 0 Å². The highest BCUT2D eigenvalue weighted by atomic mass is 16.2. The zero-order valence-corrected chi connectivity index (χ0v) is 14.9. The van der Waals surface area contributed by atoms with Crippen LogP contribution in [-0.4, -0.2) is 29.0 Å². The molecule has 4 nitrogen and oxygen atoms in total. The molecule has 1 atom stereocenters. The third-order valence-electron chi connectivity index (χ3n) is 5.72. The molecule has 1 aromatic heterocycles. The zero-order valence-electron chi connectivity index (χ0n) is 14.9. The van der Waals surface area contributed by atoms with Crippen LogP contribution < -0.4 is 4.90 Å². The monoisotopic (exact) mass is 343 g/mol. The fourth-order valence-corrected chi connectivity index (χ4v) is 4.63. The summed E-state index contributed by atoms with van der Waals surface area (Å²) in [6.45, 7) is 5.44. The van der Waals surface area contributed by atoms with Crippen molar-refractivity contribution in [2.45, 2.75) is 19.1 Å². The fraction of sp³-hybridized carbons (Fsp3) is 0.227. The molecular formula is C22H21N3O. The Balaban J connectivity index is 1.79. The van der Waals surface area contributed by atoms with Crippen LogP contribution in [0.25, 0.3) is 10.9 Å². The van der Waals surface area contributed by atoms with Crippen molar-refractivity contribution in [2.75, 3.05) is 18.5 Å². The third-order valence-corrected chi connectivity index (χ3v) is 5.72. The van der Waals surface area contributed by atoms with Crippen LogP contribution in [-0.2, 0) is 13.0 Å². The molecule has 0 spiro atoms. The second kappa shape index (κ2) is 5.49. The molecule has 0 N–H and O–H groups in total. The molecule has 0 unspecified atom stereocenters. The van der Waals surface area contributed by atoms with Gasteiger partial charge in [-0.1, -0.05) is 36.4 Å². The van der Waals surface area contributed by atoms with E-state index in [9.17, 15) is 4.79 Å². The van der Waals surface area contributed by atoms with E-state index in [1.165, 1.54) is 22.2 Å². The van der Waals surface area contributed by atoms with E-state index in [1.54, 1.807) is 0 Å². The van der Waals surface area contributed by atoms with Gasteiger partial charge in [-0.2, -0.15) is 0 Å². The van der Waals surface area contributed by atoms with E-state index in [0.29, 0.717) is 0 Å². The molecule has 0 saturated heterocycles. The minimum Gasteiger partial charge on any atom is -0.349 e. The summed E-state index contributed by atoms with van der Waals surface area (Å²) in [6, 6.07) is 16.4. The Morgan fingerprint density at radius 3 is 2.77 bits per heavy atom. The van der Waals surface area contributed by atoms with Gasteiger partial charge in [0.25, 0.3) is 5.91 Å². The van der Waals surface area contributed by atoms with Gasteiger partial charge in [-0.15, -0.1) is 6.58 Å². The van der Waals surface area contributed by atoms with Gasteiger partial charge in [0.05, 0.1) is 16.9 Å². The lowest BCUT2D eigenvalue weighted by Crippen LogP contribution is -2.51. The summed E-state index contributed by atoms with van der Waals surface area (Å²) in [5, 5.41) is 1.30. The van der Waals surface area contributed by atoms with Crippen molar-refractivity contribution in [2.24, 2.45) is 0 Å². The summed E-state index contributed by atoms with van der Waals surface area (Å²) < 4.78 is 2.33. The highest BCUT2D eigenvalue weighted by molar-refractivity contribution is 6.02. The third kappa shape index (κ3) is 1.87. The van der Waals surface area contributed by atoms with Crippen molar-refractivity contribution in [3.63, 3.8) is 0 Å². The summed E-state index contributed by atoms with van der Waals surface area (Å²) in [5.41, 5.74) is 5.60. The summed E-state index contributed by atoms with van der Waals surface area (Å²) >= 11 is 0. The first kappa shape index (κ1) is 15.3. The van der Waals surface area contributed by atoms with E-state index in [1.807, 2.05) is 35.2 Å². The quantitative estimate of drug-likeness (QED) is 0.659. The van der Waals surface area contributed by atoms with Gasteiger partial charge in [0.1, 0.15) is 6.17 Å². The normalized spacial score (nSPS) is 18.5. The van der Waals surface area contributed by atoms with Crippen LogP contribution in [0.5, 0.6) is 0 Å². The number of nitrogens with zero attached hydrogens (tertiary/aromatic N) is 3. The first-order chi connectivity index (χ1) is 12.7. The Kier molecular flexibility index (Phi) is 3.23. The van der Waals surface area contributed by atoms with E-state index in [0.717, 1.165) is 30.8 Å². The molecule has 2 aliphatic heterocycles. The Labute approximate surface area is 152 Å². The topological polar surface area (TPSA) is 28.5 Å². The Morgan fingerprint density at radius 2 is 1.92 bits per heavy atom. The first-order valence-corrected chi connectivity index (χ1v) is 9.06. The molecule has 0 radical (unpaired) electrons. The van der Waals surface area contributed by atoms with E-state index >= 15 is 0 Å².